The molecule has 0 radical (unpaired) electrons. The van der Waals surface area contributed by atoms with Crippen LogP contribution in [0.2, 0.25) is 10.0 Å². The number of allylic oxidation sites excluding steroid dienone is 1. The van der Waals surface area contributed by atoms with Crippen molar-refractivity contribution >= 4 is 40.6 Å². The Morgan fingerprint density at radius 3 is 2.57 bits per heavy atom. The van der Waals surface area contributed by atoms with Crippen LogP contribution in [0.15, 0.2) is 46.4 Å². The van der Waals surface area contributed by atoms with Gasteiger partial charge >= 0.3 is 6.03 Å². The summed E-state index contributed by atoms with van der Waals surface area (Å²) in [7, 11) is 0. The maximum Gasteiger partial charge on any atom is 0.347 e. The average molecular weight is 421 g/mol. The van der Waals surface area contributed by atoms with E-state index in [2.05, 4.69) is 22.1 Å². The van der Waals surface area contributed by atoms with E-state index in [4.69, 9.17) is 38.3 Å². The molecule has 1 aliphatic heterocycles. The monoisotopic (exact) mass is 420 g/mol. The van der Waals surface area contributed by atoms with Crippen molar-refractivity contribution in [2.45, 2.75) is 6.73 Å². The number of aromatic nitrogens is 2. The van der Waals surface area contributed by atoms with E-state index >= 15 is 0 Å². The van der Waals surface area contributed by atoms with Crippen LogP contribution in [0.4, 0.5) is 10.5 Å². The van der Waals surface area contributed by atoms with E-state index in [1.54, 1.807) is 0 Å². The second kappa shape index (κ2) is 7.69. The fraction of sp³-hybridized carbons (Fsp3) is 0.0625. The largest absolute Gasteiger partial charge is 0.434 e. The zero-order valence-electron chi connectivity index (χ0n) is 13.9. The van der Waals surface area contributed by atoms with Gasteiger partial charge in [-0.05, 0) is 12.1 Å². The number of carbonyl (C=O) groups excluding carboxylic acids is 1. The third-order valence-corrected chi connectivity index (χ3v) is 4.01. The number of hydrogen-bond donors (Lipinski definition) is 2. The van der Waals surface area contributed by atoms with Crippen LogP contribution in [-0.4, -0.2) is 26.6 Å². The van der Waals surface area contributed by atoms with Crippen LogP contribution in [0.1, 0.15) is 0 Å². The normalized spacial score (nSPS) is 13.6. The molecule has 1 aliphatic rings. The SMILES string of the molecule is C=C1NC(=O)N(c2cc(Cl)c(Oc3ccc(=O)n(CO)n3)c(Cl)c2)N=C1C#N. The van der Waals surface area contributed by atoms with Crippen molar-refractivity contribution in [2.75, 3.05) is 5.01 Å². The van der Waals surface area contributed by atoms with Crippen molar-refractivity contribution in [2.24, 2.45) is 5.10 Å². The molecule has 2 aromatic rings. The van der Waals surface area contributed by atoms with E-state index in [1.165, 1.54) is 18.2 Å². The number of hydrogen-bond acceptors (Lipinski definition) is 7. The number of nitriles is 1. The third kappa shape index (κ3) is 3.67. The molecule has 10 nitrogen and oxygen atoms in total. The molecule has 2 N–H and O–H groups in total. The van der Waals surface area contributed by atoms with Gasteiger partial charge in [0.05, 0.1) is 21.4 Å². The molecule has 142 valence electrons. The zero-order chi connectivity index (χ0) is 20.4. The number of benzene rings is 1. The Morgan fingerprint density at radius 2 is 1.96 bits per heavy atom. The van der Waals surface area contributed by atoms with Crippen molar-refractivity contribution < 1.29 is 14.6 Å². The second-order valence-electron chi connectivity index (χ2n) is 5.27. The van der Waals surface area contributed by atoms with E-state index in [9.17, 15) is 9.59 Å². The maximum atomic E-state index is 12.1. The summed E-state index contributed by atoms with van der Waals surface area (Å²) in [5.74, 6) is -0.0314. The molecule has 1 aromatic carbocycles. The third-order valence-electron chi connectivity index (χ3n) is 3.45. The molecular formula is C16H10Cl2N6O4. The van der Waals surface area contributed by atoms with Gasteiger partial charge in [0.25, 0.3) is 5.56 Å². The Labute approximate surface area is 167 Å². The summed E-state index contributed by atoms with van der Waals surface area (Å²) in [4.78, 5) is 23.6. The number of anilines is 1. The minimum absolute atomic E-state index is 0.00837. The van der Waals surface area contributed by atoms with Gasteiger partial charge in [0.2, 0.25) is 5.88 Å². The van der Waals surface area contributed by atoms with Crippen molar-refractivity contribution in [1.82, 2.24) is 15.1 Å². The summed E-state index contributed by atoms with van der Waals surface area (Å²) < 4.78 is 6.27. The molecule has 28 heavy (non-hydrogen) atoms. The number of carbonyl (C=O) groups is 1. The van der Waals surface area contributed by atoms with Crippen LogP contribution in [0, 0.1) is 11.3 Å². The molecule has 0 atom stereocenters. The number of aliphatic hydroxyl groups excluding tert-OH is 1. The molecule has 0 saturated heterocycles. The molecule has 2 heterocycles. The van der Waals surface area contributed by atoms with Gasteiger partial charge in [-0.15, -0.1) is 5.10 Å². The predicted octanol–water partition coefficient (Wildman–Crippen LogP) is 2.22. The molecule has 0 spiro atoms. The van der Waals surface area contributed by atoms with E-state index in [-0.39, 0.29) is 38.8 Å². The van der Waals surface area contributed by atoms with Crippen molar-refractivity contribution in [3.63, 3.8) is 0 Å². The summed E-state index contributed by atoms with van der Waals surface area (Å²) in [5, 5.41) is 29.2. The molecule has 12 heteroatoms. The van der Waals surface area contributed by atoms with Gasteiger partial charge in [-0.1, -0.05) is 29.8 Å². The number of ether oxygens (including phenoxy) is 1. The first-order valence-corrected chi connectivity index (χ1v) is 8.24. The molecule has 1 aromatic heterocycles. The molecule has 2 amide bonds. The lowest BCUT2D eigenvalue weighted by Gasteiger charge is -2.24. The van der Waals surface area contributed by atoms with Gasteiger partial charge in [0, 0.05) is 12.1 Å². The lowest BCUT2D eigenvalue weighted by Crippen LogP contribution is -2.42. The standard InChI is InChI=1S/C16H10Cl2N6O4/c1-8-12(6-19)21-24(16(27)20-8)9-4-10(17)15(11(18)5-9)28-13-2-3-14(26)23(7-25)22-13/h2-5,25H,1,7H2,(H,20,27). The highest BCUT2D eigenvalue weighted by Gasteiger charge is 2.26. The lowest BCUT2D eigenvalue weighted by molar-refractivity contribution is 0.185. The number of nitrogens with one attached hydrogen (secondary N) is 1. The second-order valence-corrected chi connectivity index (χ2v) is 6.09. The predicted molar refractivity (Wildman–Crippen MR) is 100 cm³/mol. The number of urea groups is 1. The molecule has 0 unspecified atom stereocenters. The number of aliphatic hydroxyl groups is 1. The highest BCUT2D eigenvalue weighted by molar-refractivity contribution is 6.37. The number of halogens is 2. The fourth-order valence-corrected chi connectivity index (χ4v) is 2.72. The smallest absolute Gasteiger partial charge is 0.347 e. The molecule has 3 rings (SSSR count). The molecule has 0 bridgehead atoms. The summed E-state index contributed by atoms with van der Waals surface area (Å²) in [6, 6.07) is 6.28. The van der Waals surface area contributed by atoms with Crippen LogP contribution in [-0.2, 0) is 6.73 Å². The van der Waals surface area contributed by atoms with E-state index in [0.29, 0.717) is 0 Å². The number of nitrogens with zero attached hydrogens (tertiary/aromatic N) is 5. The van der Waals surface area contributed by atoms with Crippen molar-refractivity contribution in [1.29, 1.82) is 5.26 Å². The number of rotatable bonds is 4. The van der Waals surface area contributed by atoms with Gasteiger partial charge in [-0.2, -0.15) is 15.4 Å². The van der Waals surface area contributed by atoms with Crippen LogP contribution in [0.3, 0.4) is 0 Å². The zero-order valence-corrected chi connectivity index (χ0v) is 15.4. The van der Waals surface area contributed by atoms with E-state index in [0.717, 1.165) is 15.8 Å². The Kier molecular flexibility index (Phi) is 5.32. The van der Waals surface area contributed by atoms with Gasteiger partial charge in [0.15, 0.2) is 11.5 Å². The minimum Gasteiger partial charge on any atom is -0.434 e. The Bertz CT molecular complexity index is 1100. The minimum atomic E-state index is -0.651. The fourth-order valence-electron chi connectivity index (χ4n) is 2.17. The Balaban J connectivity index is 1.97. The molecule has 0 aliphatic carbocycles. The van der Waals surface area contributed by atoms with Crippen LogP contribution in [0.5, 0.6) is 11.6 Å². The number of amides is 2. The van der Waals surface area contributed by atoms with Gasteiger partial charge in [-0.3, -0.25) is 4.79 Å². The van der Waals surface area contributed by atoms with Crippen molar-refractivity contribution in [3.05, 3.63) is 56.9 Å². The average Bonchev–Trinajstić information content (AvgIpc) is 2.66. The van der Waals surface area contributed by atoms with Gasteiger partial charge in [0.1, 0.15) is 12.8 Å². The van der Waals surface area contributed by atoms with Crippen LogP contribution in [0.25, 0.3) is 0 Å². The van der Waals surface area contributed by atoms with Gasteiger partial charge < -0.3 is 15.2 Å². The molecule has 0 fully saturated rings. The van der Waals surface area contributed by atoms with Gasteiger partial charge in [-0.25, -0.2) is 9.48 Å². The molecule has 0 saturated carbocycles. The highest BCUT2D eigenvalue weighted by atomic mass is 35.5. The first-order valence-electron chi connectivity index (χ1n) is 7.49. The Hall–Kier alpha value is -3.39. The van der Waals surface area contributed by atoms with E-state index < -0.39 is 18.3 Å². The van der Waals surface area contributed by atoms with Crippen LogP contribution >= 0.6 is 23.2 Å². The topological polar surface area (TPSA) is 133 Å². The maximum absolute atomic E-state index is 12.1. The quantitative estimate of drug-likeness (QED) is 0.778. The summed E-state index contributed by atoms with van der Waals surface area (Å²) >= 11 is 12.4. The first-order chi connectivity index (χ1) is 13.3. The number of hydrazone groups is 1. The Morgan fingerprint density at radius 1 is 1.29 bits per heavy atom. The summed E-state index contributed by atoms with van der Waals surface area (Å²) in [5.41, 5.74) is -0.353. The highest BCUT2D eigenvalue weighted by Crippen LogP contribution is 2.39. The molecular weight excluding hydrogens is 411 g/mol. The summed E-state index contributed by atoms with van der Waals surface area (Å²) in [6.45, 7) is 2.89. The first kappa shape index (κ1) is 19.4. The lowest BCUT2D eigenvalue weighted by atomic mass is 10.2. The summed E-state index contributed by atoms with van der Waals surface area (Å²) in [6.07, 6.45) is 0. The van der Waals surface area contributed by atoms with Crippen LogP contribution < -0.4 is 20.6 Å². The van der Waals surface area contributed by atoms with Crippen molar-refractivity contribution in [3.8, 4) is 17.7 Å². The van der Waals surface area contributed by atoms with E-state index in [1.807, 2.05) is 6.07 Å².